The summed E-state index contributed by atoms with van der Waals surface area (Å²) < 4.78 is 26.5. The van der Waals surface area contributed by atoms with Crippen LogP contribution in [0.3, 0.4) is 0 Å². The fourth-order valence-electron chi connectivity index (χ4n) is 5.93. The van der Waals surface area contributed by atoms with Crippen molar-refractivity contribution in [3.8, 4) is 22.8 Å². The molecule has 4 heteroatoms. The second-order valence-electron chi connectivity index (χ2n) is 11.7. The van der Waals surface area contributed by atoms with Gasteiger partial charge in [-0.05, 0) is 96.7 Å². The van der Waals surface area contributed by atoms with Crippen molar-refractivity contribution in [1.29, 1.82) is 0 Å². The lowest BCUT2D eigenvalue weighted by Crippen LogP contribution is -2.15. The van der Waals surface area contributed by atoms with Gasteiger partial charge in [0.2, 0.25) is 5.88 Å². The molecule has 1 heterocycles. The van der Waals surface area contributed by atoms with Crippen LogP contribution in [0.15, 0.2) is 60.8 Å². The van der Waals surface area contributed by atoms with Gasteiger partial charge < -0.3 is 9.47 Å². The fourth-order valence-corrected chi connectivity index (χ4v) is 5.93. The average Bonchev–Trinajstić information content (AvgIpc) is 2.98. The van der Waals surface area contributed by atoms with E-state index in [4.69, 9.17) is 9.47 Å². The maximum absolute atomic E-state index is 14.9. The van der Waals surface area contributed by atoms with Gasteiger partial charge in [-0.1, -0.05) is 84.7 Å². The minimum Gasteiger partial charge on any atom is -0.489 e. The van der Waals surface area contributed by atoms with E-state index in [2.05, 4.69) is 63.5 Å². The molecule has 230 valence electrons. The van der Waals surface area contributed by atoms with E-state index in [1.54, 1.807) is 13.2 Å². The van der Waals surface area contributed by atoms with Gasteiger partial charge in [-0.3, -0.25) is 0 Å². The van der Waals surface area contributed by atoms with Crippen LogP contribution in [0.1, 0.15) is 116 Å². The minimum absolute atomic E-state index is 0.0906. The molecule has 0 bridgehead atoms. The molecule has 4 rings (SSSR count). The number of hydrogen-bond donors (Lipinski definition) is 0. The largest absolute Gasteiger partial charge is 0.489 e. The summed E-state index contributed by atoms with van der Waals surface area (Å²) in [4.78, 5) is 4.03. The Morgan fingerprint density at radius 2 is 1.79 bits per heavy atom. The van der Waals surface area contributed by atoms with Crippen LogP contribution in [0.4, 0.5) is 4.39 Å². The Balaban J connectivity index is 0.00000148. The van der Waals surface area contributed by atoms with Crippen molar-refractivity contribution in [2.24, 2.45) is 5.41 Å². The number of rotatable bonds is 11. The number of nitrogens with zero attached hydrogens (tertiary/aromatic N) is 1. The Bertz CT molecular complexity index is 1280. The van der Waals surface area contributed by atoms with Gasteiger partial charge in [-0.25, -0.2) is 9.37 Å². The molecule has 0 aliphatic heterocycles. The predicted octanol–water partition coefficient (Wildman–Crippen LogP) is 11.3. The van der Waals surface area contributed by atoms with E-state index in [9.17, 15) is 4.39 Å². The Morgan fingerprint density at radius 1 is 1.05 bits per heavy atom. The number of methoxy groups -OCH3 is 1. The third-order valence-electron chi connectivity index (χ3n) is 7.65. The molecule has 1 unspecified atom stereocenters. The zero-order chi connectivity index (χ0) is 31.3. The second kappa shape index (κ2) is 17.1. The first-order valence-electron chi connectivity index (χ1n) is 15.9. The summed E-state index contributed by atoms with van der Waals surface area (Å²) in [6.07, 6.45) is 8.89. The molecule has 1 aliphatic rings. The van der Waals surface area contributed by atoms with Crippen LogP contribution in [-0.2, 0) is 19.4 Å². The molecule has 3 nitrogen and oxygen atoms in total. The summed E-state index contributed by atoms with van der Waals surface area (Å²) in [5.74, 6) is 1.49. The van der Waals surface area contributed by atoms with E-state index in [1.807, 2.05) is 39.8 Å². The quantitative estimate of drug-likeness (QED) is 0.213. The number of pyridine rings is 1. The summed E-state index contributed by atoms with van der Waals surface area (Å²) in [5.41, 5.74) is 7.77. The van der Waals surface area contributed by atoms with E-state index < -0.39 is 0 Å². The van der Waals surface area contributed by atoms with E-state index in [0.29, 0.717) is 24.0 Å². The van der Waals surface area contributed by atoms with Crippen molar-refractivity contribution in [2.75, 3.05) is 7.11 Å². The van der Waals surface area contributed by atoms with Crippen molar-refractivity contribution >= 4 is 0 Å². The lowest BCUT2D eigenvalue weighted by molar-refractivity contribution is 0.304. The molecule has 0 amide bonds. The summed E-state index contributed by atoms with van der Waals surface area (Å²) in [7, 11) is 1.55. The van der Waals surface area contributed by atoms with Gasteiger partial charge in [0.05, 0.1) is 13.3 Å². The number of benzene rings is 2. The fraction of sp³-hybridized carbons (Fsp3) is 0.500. The highest BCUT2D eigenvalue weighted by Crippen LogP contribution is 2.38. The normalized spacial score (nSPS) is 14.0. The Labute approximate surface area is 255 Å². The van der Waals surface area contributed by atoms with Gasteiger partial charge in [0.15, 0.2) is 0 Å². The first-order chi connectivity index (χ1) is 20.2. The summed E-state index contributed by atoms with van der Waals surface area (Å²) in [5, 5.41) is 0. The second-order valence-corrected chi connectivity index (χ2v) is 11.7. The lowest BCUT2D eigenvalue weighted by Gasteiger charge is -2.27. The molecule has 0 saturated heterocycles. The summed E-state index contributed by atoms with van der Waals surface area (Å²) in [6, 6.07) is 14.5. The molecule has 1 aromatic heterocycles. The summed E-state index contributed by atoms with van der Waals surface area (Å²) >= 11 is 0. The molecule has 0 fully saturated rings. The number of halogens is 1. The maximum Gasteiger partial charge on any atom is 0.213 e. The van der Waals surface area contributed by atoms with Crippen molar-refractivity contribution in [2.45, 2.75) is 113 Å². The van der Waals surface area contributed by atoms with Crippen molar-refractivity contribution < 1.29 is 13.9 Å². The zero-order valence-electron chi connectivity index (χ0n) is 27.7. The van der Waals surface area contributed by atoms with Gasteiger partial charge in [-0.2, -0.15) is 0 Å². The van der Waals surface area contributed by atoms with Crippen LogP contribution >= 0.6 is 0 Å². The molecular formula is C38H54FNO2. The molecule has 42 heavy (non-hydrogen) atoms. The van der Waals surface area contributed by atoms with E-state index in [0.717, 1.165) is 54.5 Å². The Kier molecular flexibility index (Phi) is 14.3. The molecule has 1 atom stereocenters. The standard InChI is InChI=1S/C34H42FNO2.2C2H6/c1-7-15-34(4,5)20-27-17-24(11-14-29(27)31-19-33(37-6)36-21-32(31)35)22-38-28-13-12-25-9-8-10-26(16-23(2)3)30(25)18-28;2*1-2/h11-14,17-19,21,26H,2,7-10,15-16,20,22H2,1,3-6H3;2*1-2H3. The zero-order valence-corrected chi connectivity index (χ0v) is 27.7. The molecule has 0 N–H and O–H groups in total. The number of aryl methyl sites for hydroxylation is 1. The van der Waals surface area contributed by atoms with E-state index in [-0.39, 0.29) is 11.2 Å². The number of fused-ring (bicyclic) bond motifs is 1. The third-order valence-corrected chi connectivity index (χ3v) is 7.65. The predicted molar refractivity (Wildman–Crippen MR) is 177 cm³/mol. The first kappa shape index (κ1) is 35.1. The highest BCUT2D eigenvalue weighted by atomic mass is 19.1. The number of aromatic nitrogens is 1. The summed E-state index contributed by atoms with van der Waals surface area (Å²) in [6.45, 7) is 21.5. The van der Waals surface area contributed by atoms with Crippen molar-refractivity contribution in [1.82, 2.24) is 4.98 Å². The molecule has 0 spiro atoms. The van der Waals surface area contributed by atoms with Crippen molar-refractivity contribution in [3.63, 3.8) is 0 Å². The maximum atomic E-state index is 14.9. The monoisotopic (exact) mass is 575 g/mol. The smallest absolute Gasteiger partial charge is 0.213 e. The van der Waals surface area contributed by atoms with Gasteiger partial charge in [0.1, 0.15) is 18.2 Å². The highest BCUT2D eigenvalue weighted by molar-refractivity contribution is 5.69. The highest BCUT2D eigenvalue weighted by Gasteiger charge is 2.23. The number of hydrogen-bond acceptors (Lipinski definition) is 3. The van der Waals surface area contributed by atoms with Gasteiger partial charge in [0, 0.05) is 11.6 Å². The third kappa shape index (κ3) is 9.71. The topological polar surface area (TPSA) is 31.4 Å². The SMILES string of the molecule is C=C(C)CC1CCCc2ccc(OCc3ccc(-c4cc(OC)ncc4F)c(CC(C)(C)CCC)c3)cc21.CC.CC. The molecule has 3 aromatic rings. The van der Waals surface area contributed by atoms with Crippen LogP contribution < -0.4 is 9.47 Å². The van der Waals surface area contributed by atoms with Crippen LogP contribution in [0.25, 0.3) is 11.1 Å². The molecule has 2 aromatic carbocycles. The Hall–Kier alpha value is -3.14. The van der Waals surface area contributed by atoms with Crippen LogP contribution in [-0.4, -0.2) is 12.1 Å². The van der Waals surface area contributed by atoms with Crippen LogP contribution in [0, 0.1) is 11.2 Å². The van der Waals surface area contributed by atoms with Crippen molar-refractivity contribution in [3.05, 3.63) is 88.9 Å². The van der Waals surface area contributed by atoms with Crippen LogP contribution in [0.5, 0.6) is 11.6 Å². The molecule has 0 radical (unpaired) electrons. The molecule has 0 saturated carbocycles. The van der Waals surface area contributed by atoms with Gasteiger partial charge in [-0.15, -0.1) is 6.58 Å². The van der Waals surface area contributed by atoms with E-state index >= 15 is 0 Å². The minimum atomic E-state index is -0.345. The number of ether oxygens (including phenoxy) is 2. The Morgan fingerprint density at radius 3 is 2.45 bits per heavy atom. The average molecular weight is 576 g/mol. The van der Waals surface area contributed by atoms with Gasteiger partial charge in [0.25, 0.3) is 0 Å². The number of allylic oxidation sites excluding steroid dienone is 1. The lowest BCUT2D eigenvalue weighted by atomic mass is 9.79. The molecule has 1 aliphatic carbocycles. The van der Waals surface area contributed by atoms with E-state index in [1.165, 1.54) is 35.7 Å². The molecular weight excluding hydrogens is 521 g/mol. The van der Waals surface area contributed by atoms with Crippen LogP contribution in [0.2, 0.25) is 0 Å². The first-order valence-corrected chi connectivity index (χ1v) is 15.9. The van der Waals surface area contributed by atoms with Gasteiger partial charge >= 0.3 is 0 Å².